The van der Waals surface area contributed by atoms with Crippen LogP contribution in [0.15, 0.2) is 18.2 Å². The van der Waals surface area contributed by atoms with Crippen LogP contribution in [0.1, 0.15) is 10.4 Å². The first-order valence-corrected chi connectivity index (χ1v) is 5.14. The Kier molecular flexibility index (Phi) is 3.89. The van der Waals surface area contributed by atoms with Gasteiger partial charge < -0.3 is 15.7 Å². The molecule has 0 saturated heterocycles. The normalized spacial score (nSPS) is 9.47. The van der Waals surface area contributed by atoms with Crippen LogP contribution in [0.3, 0.4) is 0 Å². The first-order valence-electron chi connectivity index (χ1n) is 4.06. The molecule has 80 valence electrons. The molecule has 0 spiro atoms. The van der Waals surface area contributed by atoms with E-state index in [1.807, 2.05) is 22.6 Å². The van der Waals surface area contributed by atoms with Crippen molar-refractivity contribution in [2.75, 3.05) is 12.4 Å². The molecule has 0 fully saturated rings. The molecule has 0 aliphatic carbocycles. The summed E-state index contributed by atoms with van der Waals surface area (Å²) < 4.78 is 0.779. The zero-order chi connectivity index (χ0) is 11.4. The van der Waals surface area contributed by atoms with E-state index in [0.29, 0.717) is 5.69 Å². The van der Waals surface area contributed by atoms with Crippen LogP contribution in [0, 0.1) is 3.57 Å². The van der Waals surface area contributed by atoms with Gasteiger partial charge in [-0.15, -0.1) is 0 Å². The lowest BCUT2D eigenvalue weighted by atomic mass is 10.2. The van der Waals surface area contributed by atoms with Gasteiger partial charge in [0.15, 0.2) is 0 Å². The van der Waals surface area contributed by atoms with Crippen molar-refractivity contribution in [3.05, 3.63) is 27.3 Å². The SMILES string of the molecule is CNC(=O)Nc1cc(C(=O)O)ccc1I. The molecule has 1 rings (SSSR count). The number of nitrogens with one attached hydrogen (secondary N) is 2. The Morgan fingerprint density at radius 2 is 2.07 bits per heavy atom. The number of rotatable bonds is 2. The fourth-order valence-electron chi connectivity index (χ4n) is 0.939. The van der Waals surface area contributed by atoms with Crippen molar-refractivity contribution in [3.63, 3.8) is 0 Å². The standard InChI is InChI=1S/C9H9IN2O3/c1-11-9(15)12-7-4-5(8(13)14)2-3-6(7)10/h2-4H,1H3,(H,13,14)(H2,11,12,15). The summed E-state index contributed by atoms with van der Waals surface area (Å²) in [6, 6.07) is 4.16. The van der Waals surface area contributed by atoms with Crippen molar-refractivity contribution in [3.8, 4) is 0 Å². The van der Waals surface area contributed by atoms with Crippen LogP contribution in [0.4, 0.5) is 10.5 Å². The third kappa shape index (κ3) is 3.08. The highest BCUT2D eigenvalue weighted by molar-refractivity contribution is 14.1. The lowest BCUT2D eigenvalue weighted by Gasteiger charge is -2.07. The Balaban J connectivity index is 3.00. The Labute approximate surface area is 100 Å². The van der Waals surface area contributed by atoms with Crippen molar-refractivity contribution in [2.45, 2.75) is 0 Å². The topological polar surface area (TPSA) is 78.4 Å². The number of anilines is 1. The quantitative estimate of drug-likeness (QED) is 0.726. The molecule has 0 heterocycles. The molecule has 0 unspecified atom stereocenters. The summed E-state index contributed by atoms with van der Waals surface area (Å²) in [7, 11) is 1.49. The number of halogens is 1. The number of benzene rings is 1. The number of carbonyl (C=O) groups is 2. The van der Waals surface area contributed by atoms with Gasteiger partial charge in [-0.2, -0.15) is 0 Å². The summed E-state index contributed by atoms with van der Waals surface area (Å²) in [5.41, 5.74) is 0.622. The van der Waals surface area contributed by atoms with Gasteiger partial charge in [0.05, 0.1) is 11.3 Å². The summed E-state index contributed by atoms with van der Waals surface area (Å²) in [5.74, 6) is -1.02. The first kappa shape index (κ1) is 11.8. The van der Waals surface area contributed by atoms with Gasteiger partial charge >= 0.3 is 12.0 Å². The van der Waals surface area contributed by atoms with Gasteiger partial charge in [-0.05, 0) is 40.8 Å². The number of carboxylic acids is 1. The van der Waals surface area contributed by atoms with Gasteiger partial charge in [-0.1, -0.05) is 0 Å². The van der Waals surface area contributed by atoms with Gasteiger partial charge in [0, 0.05) is 10.6 Å². The van der Waals surface area contributed by atoms with Crippen molar-refractivity contribution in [1.29, 1.82) is 0 Å². The van der Waals surface area contributed by atoms with Crippen molar-refractivity contribution < 1.29 is 14.7 Å². The Morgan fingerprint density at radius 3 is 2.60 bits per heavy atom. The molecule has 6 heteroatoms. The average Bonchev–Trinajstić information content (AvgIpc) is 2.20. The van der Waals surface area contributed by atoms with Crippen molar-refractivity contribution >= 4 is 40.3 Å². The van der Waals surface area contributed by atoms with Crippen LogP contribution in [0.5, 0.6) is 0 Å². The number of carboxylic acid groups (broad SMARTS) is 1. The van der Waals surface area contributed by atoms with Gasteiger partial charge in [-0.25, -0.2) is 9.59 Å². The molecule has 0 bridgehead atoms. The predicted octanol–water partition coefficient (Wildman–Crippen LogP) is 1.74. The fourth-order valence-corrected chi connectivity index (χ4v) is 1.41. The number of urea groups is 1. The van der Waals surface area contributed by atoms with Gasteiger partial charge in [0.2, 0.25) is 0 Å². The van der Waals surface area contributed by atoms with E-state index >= 15 is 0 Å². The van der Waals surface area contributed by atoms with E-state index in [2.05, 4.69) is 10.6 Å². The first-order chi connectivity index (χ1) is 7.04. The molecule has 15 heavy (non-hydrogen) atoms. The minimum absolute atomic E-state index is 0.141. The van der Waals surface area contributed by atoms with E-state index in [-0.39, 0.29) is 11.6 Å². The third-order valence-corrected chi connectivity index (χ3v) is 2.63. The highest BCUT2D eigenvalue weighted by atomic mass is 127. The van der Waals surface area contributed by atoms with Crippen LogP contribution in [-0.2, 0) is 0 Å². The van der Waals surface area contributed by atoms with Gasteiger partial charge in [0.25, 0.3) is 0 Å². The zero-order valence-electron chi connectivity index (χ0n) is 7.87. The molecular formula is C9H9IN2O3. The molecule has 0 atom stereocenters. The predicted molar refractivity (Wildman–Crippen MR) is 64.2 cm³/mol. The van der Waals surface area contributed by atoms with E-state index in [9.17, 15) is 9.59 Å². The lowest BCUT2D eigenvalue weighted by Crippen LogP contribution is -2.25. The fraction of sp³-hybridized carbons (Fsp3) is 0.111. The smallest absolute Gasteiger partial charge is 0.335 e. The van der Waals surface area contributed by atoms with Crippen LogP contribution >= 0.6 is 22.6 Å². The highest BCUT2D eigenvalue weighted by Crippen LogP contribution is 2.19. The second kappa shape index (κ2) is 4.96. The summed E-state index contributed by atoms with van der Waals surface area (Å²) in [4.78, 5) is 21.7. The maximum atomic E-state index is 11.0. The summed E-state index contributed by atoms with van der Waals surface area (Å²) in [5, 5.41) is 13.7. The number of aromatic carboxylic acids is 1. The Morgan fingerprint density at radius 1 is 1.40 bits per heavy atom. The molecular weight excluding hydrogens is 311 g/mol. The van der Waals surface area contributed by atoms with Crippen molar-refractivity contribution in [2.24, 2.45) is 0 Å². The Hall–Kier alpha value is -1.31. The van der Waals surface area contributed by atoms with Crippen LogP contribution in [0.25, 0.3) is 0 Å². The average molecular weight is 320 g/mol. The largest absolute Gasteiger partial charge is 0.478 e. The molecule has 2 amide bonds. The zero-order valence-corrected chi connectivity index (χ0v) is 10.0. The minimum atomic E-state index is -1.02. The molecule has 0 aliphatic rings. The lowest BCUT2D eigenvalue weighted by molar-refractivity contribution is 0.0697. The van der Waals surface area contributed by atoms with Gasteiger partial charge in [0.1, 0.15) is 0 Å². The maximum Gasteiger partial charge on any atom is 0.335 e. The van der Waals surface area contributed by atoms with E-state index < -0.39 is 5.97 Å². The monoisotopic (exact) mass is 320 g/mol. The van der Waals surface area contributed by atoms with E-state index in [1.54, 1.807) is 6.07 Å². The molecule has 1 aromatic rings. The minimum Gasteiger partial charge on any atom is -0.478 e. The summed E-state index contributed by atoms with van der Waals surface area (Å²) in [6.45, 7) is 0. The number of hydrogen-bond donors (Lipinski definition) is 3. The molecule has 3 N–H and O–H groups in total. The summed E-state index contributed by atoms with van der Waals surface area (Å²) in [6.07, 6.45) is 0. The second-order valence-electron chi connectivity index (χ2n) is 2.70. The van der Waals surface area contributed by atoms with Gasteiger partial charge in [-0.3, -0.25) is 0 Å². The van der Waals surface area contributed by atoms with E-state index in [1.165, 1.54) is 19.2 Å². The summed E-state index contributed by atoms with van der Waals surface area (Å²) >= 11 is 2.01. The third-order valence-electron chi connectivity index (χ3n) is 1.69. The van der Waals surface area contributed by atoms with Crippen molar-refractivity contribution in [1.82, 2.24) is 5.32 Å². The number of hydrogen-bond acceptors (Lipinski definition) is 2. The molecule has 0 radical (unpaired) electrons. The Bertz CT molecular complexity index is 406. The molecule has 1 aromatic carbocycles. The molecule has 0 saturated carbocycles. The van der Waals surface area contributed by atoms with Crippen LogP contribution in [-0.4, -0.2) is 24.2 Å². The van der Waals surface area contributed by atoms with E-state index in [4.69, 9.17) is 5.11 Å². The maximum absolute atomic E-state index is 11.0. The van der Waals surface area contributed by atoms with E-state index in [0.717, 1.165) is 3.57 Å². The van der Waals surface area contributed by atoms with Crippen LogP contribution in [0.2, 0.25) is 0 Å². The molecule has 0 aromatic heterocycles. The number of amides is 2. The van der Waals surface area contributed by atoms with Crippen LogP contribution < -0.4 is 10.6 Å². The second-order valence-corrected chi connectivity index (χ2v) is 3.87. The number of carbonyl (C=O) groups excluding carboxylic acids is 1. The highest BCUT2D eigenvalue weighted by Gasteiger charge is 2.08. The molecule has 5 nitrogen and oxygen atoms in total. The molecule has 0 aliphatic heterocycles.